The molecule has 3 aliphatic rings. The third-order valence-corrected chi connectivity index (χ3v) is 7.10. The molecular formula is C27H31FN4O5. The van der Waals surface area contributed by atoms with E-state index >= 15 is 0 Å². The second kappa shape index (κ2) is 8.72. The Labute approximate surface area is 214 Å². The number of ether oxygens (including phenoxy) is 2. The average molecular weight is 511 g/mol. The monoisotopic (exact) mass is 510 g/mol. The number of nitrogens with zero attached hydrogens (tertiary/aromatic N) is 2. The molecule has 0 spiro atoms. The van der Waals surface area contributed by atoms with Gasteiger partial charge in [0.1, 0.15) is 29.0 Å². The molecule has 0 radical (unpaired) electrons. The van der Waals surface area contributed by atoms with Crippen LogP contribution >= 0.6 is 0 Å². The maximum absolute atomic E-state index is 14.1. The van der Waals surface area contributed by atoms with Gasteiger partial charge in [0.25, 0.3) is 5.91 Å². The number of carbonyl (C=O) groups is 2. The van der Waals surface area contributed by atoms with Crippen LogP contribution in [-0.4, -0.2) is 51.6 Å². The molecule has 9 nitrogen and oxygen atoms in total. The number of nitrogens with one attached hydrogen (secondary N) is 1. The SMILES string of the molecule is CC1(C)CC(=O)N([C@@H]2CCOc3ccc(C(=O)N[C@@H]4c5cc(F)ccc5OC(C)(C)[C@H]4O)cc32)C(N)=N1. The van der Waals surface area contributed by atoms with E-state index in [9.17, 15) is 19.1 Å². The van der Waals surface area contributed by atoms with Crippen molar-refractivity contribution in [3.05, 3.63) is 58.9 Å². The quantitative estimate of drug-likeness (QED) is 0.583. The number of fused-ring (bicyclic) bond motifs is 2. The second-order valence-corrected chi connectivity index (χ2v) is 10.9. The topological polar surface area (TPSA) is 126 Å². The highest BCUT2D eigenvalue weighted by atomic mass is 19.1. The first-order chi connectivity index (χ1) is 17.4. The highest BCUT2D eigenvalue weighted by Crippen LogP contribution is 2.41. The van der Waals surface area contributed by atoms with Gasteiger partial charge in [-0.3, -0.25) is 14.5 Å². The van der Waals surface area contributed by atoms with Crippen LogP contribution in [0.5, 0.6) is 11.5 Å². The van der Waals surface area contributed by atoms with Crippen LogP contribution in [0, 0.1) is 5.82 Å². The standard InChI is InChI=1S/C27H31FN4O5/c1-26(2)13-21(33)32(25(29)31-26)18-9-10-36-19-7-5-14(11-16(18)19)24(35)30-22-17-12-15(28)6-8-20(17)37-27(3,4)23(22)34/h5-8,11-12,18,22-23,34H,9-10,13H2,1-4H3,(H2,29,31)(H,30,35)/t18-,22-,23+/m1/s1. The molecule has 2 amide bonds. The fourth-order valence-electron chi connectivity index (χ4n) is 5.26. The van der Waals surface area contributed by atoms with Crippen LogP contribution in [0.3, 0.4) is 0 Å². The van der Waals surface area contributed by atoms with Crippen molar-refractivity contribution in [2.24, 2.45) is 10.7 Å². The number of benzene rings is 2. The van der Waals surface area contributed by atoms with E-state index in [4.69, 9.17) is 15.2 Å². The summed E-state index contributed by atoms with van der Waals surface area (Å²) in [7, 11) is 0. The number of guanidine groups is 1. The number of aliphatic imine (C=N–C) groups is 1. The number of carbonyl (C=O) groups excluding carboxylic acids is 2. The Hall–Kier alpha value is -3.66. The first-order valence-electron chi connectivity index (χ1n) is 12.3. The van der Waals surface area contributed by atoms with Crippen molar-refractivity contribution in [2.45, 2.75) is 69.9 Å². The number of hydrogen-bond acceptors (Lipinski definition) is 7. The number of nitrogens with two attached hydrogens (primary N) is 1. The highest BCUT2D eigenvalue weighted by molar-refractivity contribution is 6.00. The minimum Gasteiger partial charge on any atom is -0.493 e. The largest absolute Gasteiger partial charge is 0.493 e. The van der Waals surface area contributed by atoms with Gasteiger partial charge in [-0.1, -0.05) is 0 Å². The summed E-state index contributed by atoms with van der Waals surface area (Å²) >= 11 is 0. The van der Waals surface area contributed by atoms with Crippen LogP contribution in [0.25, 0.3) is 0 Å². The summed E-state index contributed by atoms with van der Waals surface area (Å²) in [5.41, 5.74) is 5.91. The minimum absolute atomic E-state index is 0.139. The van der Waals surface area contributed by atoms with Gasteiger partial charge < -0.3 is 25.6 Å². The molecule has 37 heavy (non-hydrogen) atoms. The molecular weight excluding hydrogens is 479 g/mol. The van der Waals surface area contributed by atoms with E-state index < -0.39 is 41.1 Å². The van der Waals surface area contributed by atoms with Crippen LogP contribution in [-0.2, 0) is 4.79 Å². The maximum atomic E-state index is 14.1. The summed E-state index contributed by atoms with van der Waals surface area (Å²) in [5.74, 6) is -0.0376. The van der Waals surface area contributed by atoms with Crippen LogP contribution in [0.4, 0.5) is 4.39 Å². The van der Waals surface area contributed by atoms with Gasteiger partial charge in [-0.25, -0.2) is 9.38 Å². The van der Waals surface area contributed by atoms with Gasteiger partial charge in [0.15, 0.2) is 5.96 Å². The van der Waals surface area contributed by atoms with Crippen molar-refractivity contribution in [3.63, 3.8) is 0 Å². The van der Waals surface area contributed by atoms with E-state index in [2.05, 4.69) is 10.3 Å². The lowest BCUT2D eigenvalue weighted by atomic mass is 9.86. The summed E-state index contributed by atoms with van der Waals surface area (Å²) < 4.78 is 25.7. The zero-order chi connectivity index (χ0) is 26.7. The van der Waals surface area contributed by atoms with Gasteiger partial charge in [0.05, 0.1) is 30.7 Å². The fourth-order valence-corrected chi connectivity index (χ4v) is 5.26. The molecule has 2 aromatic rings. The molecule has 3 aliphatic heterocycles. The van der Waals surface area contributed by atoms with Crippen molar-refractivity contribution in [1.82, 2.24) is 10.2 Å². The third-order valence-electron chi connectivity index (χ3n) is 7.10. The van der Waals surface area contributed by atoms with Gasteiger partial charge in [-0.05, 0) is 64.1 Å². The lowest BCUT2D eigenvalue weighted by Gasteiger charge is -2.42. The summed E-state index contributed by atoms with van der Waals surface area (Å²) in [6.07, 6.45) is -0.432. The Morgan fingerprint density at radius 3 is 2.62 bits per heavy atom. The minimum atomic E-state index is -1.13. The molecule has 4 N–H and O–H groups in total. The van der Waals surface area contributed by atoms with Gasteiger partial charge >= 0.3 is 0 Å². The highest BCUT2D eigenvalue weighted by Gasteiger charge is 2.44. The molecule has 3 heterocycles. The Kier molecular flexibility index (Phi) is 5.90. The van der Waals surface area contributed by atoms with E-state index in [-0.39, 0.29) is 18.3 Å². The summed E-state index contributed by atoms with van der Waals surface area (Å²) in [6.45, 7) is 7.49. The smallest absolute Gasteiger partial charge is 0.251 e. The third kappa shape index (κ3) is 4.50. The molecule has 5 rings (SSSR count). The Bertz CT molecular complexity index is 1310. The normalized spacial score (nSPS) is 25.7. The van der Waals surface area contributed by atoms with Crippen LogP contribution in [0.2, 0.25) is 0 Å². The predicted octanol–water partition coefficient (Wildman–Crippen LogP) is 2.98. The maximum Gasteiger partial charge on any atom is 0.251 e. The van der Waals surface area contributed by atoms with Crippen LogP contribution < -0.4 is 20.5 Å². The van der Waals surface area contributed by atoms with Crippen molar-refractivity contribution in [1.29, 1.82) is 0 Å². The number of halogens is 1. The van der Waals surface area contributed by atoms with Gasteiger partial charge in [-0.15, -0.1) is 0 Å². The summed E-state index contributed by atoms with van der Waals surface area (Å²) in [4.78, 5) is 32.4. The Balaban J connectivity index is 1.47. The van der Waals surface area contributed by atoms with Crippen LogP contribution in [0.1, 0.15) is 74.1 Å². The zero-order valence-corrected chi connectivity index (χ0v) is 21.2. The Morgan fingerprint density at radius 2 is 1.89 bits per heavy atom. The van der Waals surface area contributed by atoms with E-state index in [1.54, 1.807) is 32.0 Å². The molecule has 0 fully saturated rings. The Morgan fingerprint density at radius 1 is 1.16 bits per heavy atom. The molecule has 10 heteroatoms. The van der Waals surface area contributed by atoms with Gasteiger partial charge in [0.2, 0.25) is 5.91 Å². The van der Waals surface area contributed by atoms with Crippen molar-refractivity contribution < 1.29 is 28.6 Å². The van der Waals surface area contributed by atoms with Crippen LogP contribution in [0.15, 0.2) is 41.4 Å². The van der Waals surface area contributed by atoms with E-state index in [0.717, 1.165) is 0 Å². The summed E-state index contributed by atoms with van der Waals surface area (Å²) in [5, 5.41) is 13.8. The number of amides is 2. The first kappa shape index (κ1) is 25.0. The second-order valence-electron chi connectivity index (χ2n) is 10.9. The molecule has 0 saturated heterocycles. The predicted molar refractivity (Wildman–Crippen MR) is 134 cm³/mol. The lowest BCUT2D eigenvalue weighted by molar-refractivity contribution is -0.131. The molecule has 0 aromatic heterocycles. The average Bonchev–Trinajstić information content (AvgIpc) is 2.81. The van der Waals surface area contributed by atoms with Crippen molar-refractivity contribution in [2.75, 3.05) is 6.61 Å². The van der Waals surface area contributed by atoms with Gasteiger partial charge in [-0.2, -0.15) is 0 Å². The van der Waals surface area contributed by atoms with E-state index in [1.807, 2.05) is 13.8 Å². The molecule has 0 bridgehead atoms. The molecule has 0 unspecified atom stereocenters. The zero-order valence-electron chi connectivity index (χ0n) is 21.2. The number of rotatable bonds is 3. The number of aliphatic hydroxyl groups is 1. The molecule has 2 aromatic carbocycles. The number of aliphatic hydroxyl groups excluding tert-OH is 1. The van der Waals surface area contributed by atoms with E-state index in [1.165, 1.54) is 23.1 Å². The molecule has 0 aliphatic carbocycles. The molecule has 196 valence electrons. The fraction of sp³-hybridized carbons (Fsp3) is 0.444. The van der Waals surface area contributed by atoms with Crippen molar-refractivity contribution in [3.8, 4) is 11.5 Å². The summed E-state index contributed by atoms with van der Waals surface area (Å²) in [6, 6.07) is 7.62. The van der Waals surface area contributed by atoms with Crippen molar-refractivity contribution >= 4 is 17.8 Å². The molecule has 3 atom stereocenters. The number of hydrogen-bond donors (Lipinski definition) is 3. The lowest BCUT2D eigenvalue weighted by Crippen LogP contribution is -2.53. The van der Waals surface area contributed by atoms with E-state index in [0.29, 0.717) is 41.2 Å². The van der Waals surface area contributed by atoms with Gasteiger partial charge in [0, 0.05) is 23.1 Å². The first-order valence-corrected chi connectivity index (χ1v) is 12.3. The molecule has 0 saturated carbocycles.